The predicted molar refractivity (Wildman–Crippen MR) is 267 cm³/mol. The Morgan fingerprint density at radius 1 is 0.333 bits per heavy atom. The number of hydrogen-bond donors (Lipinski definition) is 0. The van der Waals surface area contributed by atoms with Crippen molar-refractivity contribution in [3.8, 4) is 11.1 Å². The van der Waals surface area contributed by atoms with Crippen molar-refractivity contribution >= 4 is 106 Å². The van der Waals surface area contributed by atoms with Crippen LogP contribution < -0.4 is 31.8 Å². The zero-order valence-corrected chi connectivity index (χ0v) is 35.8. The molecule has 0 aliphatic heterocycles. The molecule has 0 amide bonds. The van der Waals surface area contributed by atoms with E-state index < -0.39 is 14.3 Å². The van der Waals surface area contributed by atoms with E-state index in [1.165, 1.54) is 10.8 Å². The summed E-state index contributed by atoms with van der Waals surface area (Å²) in [4.78, 5) is 5.33. The summed E-state index contributed by atoms with van der Waals surface area (Å²) in [6, 6.07) is 77.9. The van der Waals surface area contributed by atoms with Crippen LogP contribution in [0.4, 0.5) is 0 Å². The van der Waals surface area contributed by atoms with Gasteiger partial charge in [-0.3, -0.25) is 4.40 Å². The molecule has 6 heteroatoms. The highest BCUT2D eigenvalue weighted by atomic mass is 31.2. The normalized spacial score (nSPS) is 12.3. The van der Waals surface area contributed by atoms with Crippen molar-refractivity contribution in [3.05, 3.63) is 231 Å². The van der Waals surface area contributed by atoms with Gasteiger partial charge in [0.25, 0.3) is 0 Å². The van der Waals surface area contributed by atoms with E-state index >= 15 is 9.13 Å². The maximum absolute atomic E-state index is 15.7. The van der Waals surface area contributed by atoms with Gasteiger partial charge in [-0.2, -0.15) is 0 Å². The van der Waals surface area contributed by atoms with E-state index in [9.17, 15) is 0 Å². The van der Waals surface area contributed by atoms with Crippen molar-refractivity contribution < 1.29 is 9.13 Å². The molecule has 0 aliphatic rings. The van der Waals surface area contributed by atoms with Crippen LogP contribution in [0.1, 0.15) is 0 Å². The van der Waals surface area contributed by atoms with E-state index in [4.69, 9.17) is 4.98 Å². The Kier molecular flexibility index (Phi) is 8.70. The van der Waals surface area contributed by atoms with E-state index in [1.54, 1.807) is 0 Å². The molecule has 0 N–H and O–H groups in total. The van der Waals surface area contributed by atoms with Gasteiger partial charge in [0.1, 0.15) is 5.65 Å². The maximum Gasteiger partial charge on any atom is 0.171 e. The quantitative estimate of drug-likeness (QED) is 0.119. The second-order valence-corrected chi connectivity index (χ2v) is 21.7. The average Bonchev–Trinajstić information content (AvgIpc) is 3.76. The lowest BCUT2D eigenvalue weighted by Gasteiger charge is -2.20. The van der Waals surface area contributed by atoms with Crippen LogP contribution in [0.25, 0.3) is 71.0 Å². The van der Waals surface area contributed by atoms with Crippen molar-refractivity contribution in [1.29, 1.82) is 0 Å². The van der Waals surface area contributed by atoms with Crippen LogP contribution in [-0.2, 0) is 9.13 Å². The fourth-order valence-corrected chi connectivity index (χ4v) is 14.9. The standard InChI is InChI=1S/C57H38N2O2P2/c60-62(44-16-5-1-6-17-44,45-18-7-2-8-19-45)48-30-27-41-35-40(25-26-42(41)36-48)43-29-32-51-54(37-43)59-55-38-49(63(61,46-20-9-3-10-21-46)47-22-11-4-12-23-47)31-34-53(55)58-57(59)52-33-28-39-15-13-14-24-50(39)56(51)52/h1-38H. The van der Waals surface area contributed by atoms with Crippen molar-refractivity contribution in [1.82, 2.24) is 9.38 Å². The molecule has 4 nitrogen and oxygen atoms in total. The SMILES string of the molecule is O=P(c1ccccc1)(c1ccccc1)c1ccc2cc(-c3ccc4c5c6ccccc6ccc5c5nc6ccc(P(=O)(c7ccccc7)c7ccccc7)cc6n5c4c3)ccc2c1. The van der Waals surface area contributed by atoms with Crippen LogP contribution in [0.3, 0.4) is 0 Å². The van der Waals surface area contributed by atoms with Gasteiger partial charge in [0.15, 0.2) is 14.3 Å². The van der Waals surface area contributed by atoms with Crippen LogP contribution in [0.15, 0.2) is 231 Å². The maximum atomic E-state index is 15.7. The largest absolute Gasteiger partial charge is 0.309 e. The second-order valence-electron chi connectivity index (χ2n) is 16.2. The number of fused-ring (bicyclic) bond motifs is 11. The Morgan fingerprint density at radius 3 is 1.44 bits per heavy atom. The molecule has 0 saturated heterocycles. The van der Waals surface area contributed by atoms with Gasteiger partial charge in [0.2, 0.25) is 0 Å². The van der Waals surface area contributed by atoms with Crippen molar-refractivity contribution in [2.75, 3.05) is 0 Å². The molecule has 0 aliphatic carbocycles. The third-order valence-electron chi connectivity index (χ3n) is 12.7. The number of nitrogens with zero attached hydrogens (tertiary/aromatic N) is 2. The zero-order valence-electron chi connectivity index (χ0n) is 34.0. The number of aromatic nitrogens is 2. The fraction of sp³-hybridized carbons (Fsp3) is 0. The number of rotatable bonds is 7. The molecule has 12 aromatic rings. The summed E-state index contributed by atoms with van der Waals surface area (Å²) in [5.74, 6) is 0. The van der Waals surface area contributed by atoms with Crippen LogP contribution in [0, 0.1) is 0 Å². The first-order valence-electron chi connectivity index (χ1n) is 21.2. The van der Waals surface area contributed by atoms with Gasteiger partial charge in [0, 0.05) is 48.0 Å². The first kappa shape index (κ1) is 37.4. The molecule has 0 fully saturated rings. The molecular formula is C57H38N2O2P2. The lowest BCUT2D eigenvalue weighted by Crippen LogP contribution is -2.24. The van der Waals surface area contributed by atoms with Gasteiger partial charge in [-0.15, -0.1) is 0 Å². The van der Waals surface area contributed by atoms with Crippen molar-refractivity contribution in [2.45, 2.75) is 0 Å². The van der Waals surface area contributed by atoms with E-state index in [0.717, 1.165) is 92.1 Å². The summed E-state index contributed by atoms with van der Waals surface area (Å²) in [6.07, 6.45) is 0. The Bertz CT molecular complexity index is 3760. The molecular weight excluding hydrogens is 807 g/mol. The number of hydrogen-bond acceptors (Lipinski definition) is 3. The van der Waals surface area contributed by atoms with Crippen LogP contribution >= 0.6 is 14.3 Å². The Balaban J connectivity index is 1.07. The van der Waals surface area contributed by atoms with Crippen molar-refractivity contribution in [2.24, 2.45) is 0 Å². The average molecular weight is 845 g/mol. The summed E-state index contributed by atoms with van der Waals surface area (Å²) in [5.41, 5.74) is 5.74. The Hall–Kier alpha value is -7.35. The Morgan fingerprint density at radius 2 is 0.810 bits per heavy atom. The second kappa shape index (κ2) is 14.6. The summed E-state index contributed by atoms with van der Waals surface area (Å²) in [5, 5.41) is 12.5. The highest BCUT2D eigenvalue weighted by Gasteiger charge is 2.31. The minimum Gasteiger partial charge on any atom is -0.309 e. The third-order valence-corrected chi connectivity index (χ3v) is 18.8. The molecule has 63 heavy (non-hydrogen) atoms. The van der Waals surface area contributed by atoms with E-state index in [1.807, 2.05) is 140 Å². The smallest absolute Gasteiger partial charge is 0.171 e. The lowest BCUT2D eigenvalue weighted by molar-refractivity contribution is 0.591. The van der Waals surface area contributed by atoms with Gasteiger partial charge in [0.05, 0.1) is 16.6 Å². The Labute approximate surface area is 364 Å². The summed E-state index contributed by atoms with van der Waals surface area (Å²) >= 11 is 0. The van der Waals surface area contributed by atoms with Gasteiger partial charge >= 0.3 is 0 Å². The van der Waals surface area contributed by atoms with Crippen LogP contribution in [0.5, 0.6) is 0 Å². The highest BCUT2D eigenvalue weighted by molar-refractivity contribution is 7.85. The van der Waals surface area contributed by atoms with Crippen molar-refractivity contribution in [3.63, 3.8) is 0 Å². The minimum absolute atomic E-state index is 0.759. The molecule has 0 saturated carbocycles. The molecule has 0 radical (unpaired) electrons. The van der Waals surface area contributed by atoms with Crippen LogP contribution in [-0.4, -0.2) is 9.38 Å². The summed E-state index contributed by atoms with van der Waals surface area (Å²) < 4.78 is 33.2. The zero-order chi connectivity index (χ0) is 42.1. The first-order chi connectivity index (χ1) is 31.0. The lowest BCUT2D eigenvalue weighted by atomic mass is 9.96. The fourth-order valence-electron chi connectivity index (χ4n) is 9.59. The summed E-state index contributed by atoms with van der Waals surface area (Å²) in [7, 11) is -6.39. The number of pyridine rings is 1. The predicted octanol–water partition coefficient (Wildman–Crippen LogP) is 12.0. The number of benzene rings is 10. The first-order valence-corrected chi connectivity index (χ1v) is 24.6. The van der Waals surface area contributed by atoms with E-state index in [0.29, 0.717) is 0 Å². The monoisotopic (exact) mass is 844 g/mol. The molecule has 12 rings (SSSR count). The molecule has 2 heterocycles. The van der Waals surface area contributed by atoms with Gasteiger partial charge in [-0.05, 0) is 75.1 Å². The van der Waals surface area contributed by atoms with E-state index in [-0.39, 0.29) is 0 Å². The third kappa shape index (κ3) is 5.87. The molecule has 10 aromatic carbocycles. The van der Waals surface area contributed by atoms with Gasteiger partial charge in [-0.25, -0.2) is 4.98 Å². The van der Waals surface area contributed by atoms with E-state index in [2.05, 4.69) is 95.4 Å². The highest BCUT2D eigenvalue weighted by Crippen LogP contribution is 2.45. The molecule has 298 valence electrons. The molecule has 0 atom stereocenters. The topological polar surface area (TPSA) is 51.4 Å². The van der Waals surface area contributed by atoms with Gasteiger partial charge in [-0.1, -0.05) is 188 Å². The molecule has 2 aromatic heterocycles. The summed E-state index contributed by atoms with van der Waals surface area (Å²) in [6.45, 7) is 0. The number of imidazole rings is 1. The van der Waals surface area contributed by atoms with Gasteiger partial charge < -0.3 is 9.13 Å². The minimum atomic E-state index is -3.26. The molecule has 0 bridgehead atoms. The molecule has 0 unspecified atom stereocenters. The molecule has 0 spiro atoms. The van der Waals surface area contributed by atoms with Crippen LogP contribution in [0.2, 0.25) is 0 Å².